The topological polar surface area (TPSA) is 32.3 Å². The highest BCUT2D eigenvalue weighted by Crippen LogP contribution is 2.37. The zero-order valence-corrected chi connectivity index (χ0v) is 12.3. The SMILES string of the molecule is CC(C)[C@@H](CO)NC1CCC(C(C)(C)C)CC1. The lowest BCUT2D eigenvalue weighted by Crippen LogP contribution is -2.45. The van der Waals surface area contributed by atoms with E-state index in [4.69, 9.17) is 0 Å². The molecule has 1 aliphatic carbocycles. The van der Waals surface area contributed by atoms with Gasteiger partial charge < -0.3 is 10.4 Å². The number of hydrogen-bond acceptors (Lipinski definition) is 2. The number of rotatable bonds is 4. The van der Waals surface area contributed by atoms with E-state index in [-0.39, 0.29) is 12.6 Å². The van der Waals surface area contributed by atoms with Crippen LogP contribution in [0.3, 0.4) is 0 Å². The molecule has 2 heteroatoms. The smallest absolute Gasteiger partial charge is 0.0587 e. The fourth-order valence-corrected chi connectivity index (χ4v) is 2.88. The van der Waals surface area contributed by atoms with Crippen LogP contribution in [0.2, 0.25) is 0 Å². The van der Waals surface area contributed by atoms with Crippen molar-refractivity contribution in [3.05, 3.63) is 0 Å². The first-order chi connectivity index (χ1) is 7.84. The second-order valence-electron chi connectivity index (χ2n) is 7.11. The van der Waals surface area contributed by atoms with Crippen molar-refractivity contribution in [3.63, 3.8) is 0 Å². The summed E-state index contributed by atoms with van der Waals surface area (Å²) in [7, 11) is 0. The highest BCUT2D eigenvalue weighted by molar-refractivity contribution is 4.85. The van der Waals surface area contributed by atoms with Gasteiger partial charge in [0.25, 0.3) is 0 Å². The Bertz CT molecular complexity index is 211. The van der Waals surface area contributed by atoms with Gasteiger partial charge >= 0.3 is 0 Å². The summed E-state index contributed by atoms with van der Waals surface area (Å²) in [6.45, 7) is 11.7. The largest absolute Gasteiger partial charge is 0.395 e. The van der Waals surface area contributed by atoms with Gasteiger partial charge in [0, 0.05) is 12.1 Å². The van der Waals surface area contributed by atoms with Crippen LogP contribution < -0.4 is 5.32 Å². The number of aliphatic hydroxyl groups is 1. The fourth-order valence-electron chi connectivity index (χ4n) is 2.88. The Morgan fingerprint density at radius 2 is 1.65 bits per heavy atom. The third-order valence-corrected chi connectivity index (χ3v) is 4.40. The molecular formula is C15H31NO. The first-order valence-corrected chi connectivity index (χ1v) is 7.21. The maximum absolute atomic E-state index is 9.35. The summed E-state index contributed by atoms with van der Waals surface area (Å²) in [5, 5.41) is 13.0. The van der Waals surface area contributed by atoms with Gasteiger partial charge in [-0.2, -0.15) is 0 Å². The fraction of sp³-hybridized carbons (Fsp3) is 1.00. The molecule has 0 unspecified atom stereocenters. The normalized spacial score (nSPS) is 28.4. The summed E-state index contributed by atoms with van der Waals surface area (Å²) < 4.78 is 0. The Morgan fingerprint density at radius 1 is 1.12 bits per heavy atom. The molecule has 102 valence electrons. The Morgan fingerprint density at radius 3 is 2.00 bits per heavy atom. The van der Waals surface area contributed by atoms with Gasteiger partial charge in [0.1, 0.15) is 0 Å². The molecule has 17 heavy (non-hydrogen) atoms. The second kappa shape index (κ2) is 6.19. The van der Waals surface area contributed by atoms with Crippen molar-refractivity contribution in [2.45, 2.75) is 72.4 Å². The molecule has 2 nitrogen and oxygen atoms in total. The van der Waals surface area contributed by atoms with Gasteiger partial charge in [0.2, 0.25) is 0 Å². The molecule has 0 aromatic rings. The molecule has 0 aliphatic heterocycles. The van der Waals surface area contributed by atoms with E-state index < -0.39 is 0 Å². The van der Waals surface area contributed by atoms with E-state index in [1.54, 1.807) is 0 Å². The summed E-state index contributed by atoms with van der Waals surface area (Å²) in [5.41, 5.74) is 0.458. The van der Waals surface area contributed by atoms with Crippen LogP contribution in [0.1, 0.15) is 60.3 Å². The minimum absolute atomic E-state index is 0.261. The van der Waals surface area contributed by atoms with E-state index in [0.717, 1.165) is 5.92 Å². The summed E-state index contributed by atoms with van der Waals surface area (Å²) in [5.74, 6) is 1.38. The van der Waals surface area contributed by atoms with Crippen LogP contribution in [-0.2, 0) is 0 Å². The van der Waals surface area contributed by atoms with Gasteiger partial charge in [-0.25, -0.2) is 0 Å². The van der Waals surface area contributed by atoms with Gasteiger partial charge in [0.05, 0.1) is 6.61 Å². The Kier molecular flexibility index (Phi) is 5.46. The molecule has 1 saturated carbocycles. The van der Waals surface area contributed by atoms with Crippen molar-refractivity contribution in [1.29, 1.82) is 0 Å². The lowest BCUT2D eigenvalue weighted by atomic mass is 9.71. The molecule has 0 aromatic heterocycles. The van der Waals surface area contributed by atoms with E-state index in [0.29, 0.717) is 17.4 Å². The Hall–Kier alpha value is -0.0800. The molecule has 0 saturated heterocycles. The van der Waals surface area contributed by atoms with Crippen molar-refractivity contribution >= 4 is 0 Å². The zero-order chi connectivity index (χ0) is 13.1. The minimum atomic E-state index is 0.261. The minimum Gasteiger partial charge on any atom is -0.395 e. The standard InChI is InChI=1S/C15H31NO/c1-11(2)14(10-17)16-13-8-6-12(7-9-13)15(3,4)5/h11-14,16-17H,6-10H2,1-5H3/t12?,13?,14-/m1/s1. The number of hydrogen-bond donors (Lipinski definition) is 2. The predicted octanol–water partition coefficient (Wildman–Crippen LogP) is 3.20. The number of nitrogens with one attached hydrogen (secondary N) is 1. The highest BCUT2D eigenvalue weighted by atomic mass is 16.3. The van der Waals surface area contributed by atoms with Crippen molar-refractivity contribution in [3.8, 4) is 0 Å². The quantitative estimate of drug-likeness (QED) is 0.792. The first-order valence-electron chi connectivity index (χ1n) is 7.21. The van der Waals surface area contributed by atoms with Gasteiger partial charge in [-0.1, -0.05) is 34.6 Å². The van der Waals surface area contributed by atoms with Crippen LogP contribution in [0.15, 0.2) is 0 Å². The van der Waals surface area contributed by atoms with Crippen LogP contribution in [0, 0.1) is 17.3 Å². The van der Waals surface area contributed by atoms with Gasteiger partial charge in [-0.05, 0) is 42.9 Å². The van der Waals surface area contributed by atoms with Crippen LogP contribution in [-0.4, -0.2) is 23.8 Å². The summed E-state index contributed by atoms with van der Waals surface area (Å²) in [6.07, 6.45) is 5.20. The summed E-state index contributed by atoms with van der Waals surface area (Å²) >= 11 is 0. The Balaban J connectivity index is 2.37. The van der Waals surface area contributed by atoms with Crippen LogP contribution in [0.25, 0.3) is 0 Å². The van der Waals surface area contributed by atoms with Crippen LogP contribution in [0.4, 0.5) is 0 Å². The third kappa shape index (κ3) is 4.59. The average Bonchev–Trinajstić information content (AvgIpc) is 2.25. The van der Waals surface area contributed by atoms with E-state index >= 15 is 0 Å². The molecule has 0 heterocycles. The Labute approximate surface area is 107 Å². The molecule has 2 N–H and O–H groups in total. The van der Waals surface area contributed by atoms with Crippen molar-refractivity contribution < 1.29 is 5.11 Å². The molecule has 1 rings (SSSR count). The lowest BCUT2D eigenvalue weighted by molar-refractivity contribution is 0.138. The second-order valence-corrected chi connectivity index (χ2v) is 7.11. The predicted molar refractivity (Wildman–Crippen MR) is 74.0 cm³/mol. The summed E-state index contributed by atoms with van der Waals surface area (Å²) in [4.78, 5) is 0. The lowest BCUT2D eigenvalue weighted by Gasteiger charge is -2.38. The van der Waals surface area contributed by atoms with E-state index in [1.165, 1.54) is 25.7 Å². The summed E-state index contributed by atoms with van der Waals surface area (Å²) in [6, 6.07) is 0.888. The molecule has 0 bridgehead atoms. The maximum atomic E-state index is 9.35. The van der Waals surface area contributed by atoms with E-state index in [1.807, 2.05) is 0 Å². The maximum Gasteiger partial charge on any atom is 0.0587 e. The van der Waals surface area contributed by atoms with Crippen molar-refractivity contribution in [2.75, 3.05) is 6.61 Å². The van der Waals surface area contributed by atoms with E-state index in [2.05, 4.69) is 39.9 Å². The molecule has 1 aliphatic rings. The van der Waals surface area contributed by atoms with Gasteiger partial charge in [-0.15, -0.1) is 0 Å². The van der Waals surface area contributed by atoms with Crippen molar-refractivity contribution in [1.82, 2.24) is 5.32 Å². The van der Waals surface area contributed by atoms with Crippen LogP contribution in [0.5, 0.6) is 0 Å². The third-order valence-electron chi connectivity index (χ3n) is 4.40. The molecule has 1 fully saturated rings. The monoisotopic (exact) mass is 241 g/mol. The van der Waals surface area contributed by atoms with Crippen molar-refractivity contribution in [2.24, 2.45) is 17.3 Å². The van der Waals surface area contributed by atoms with Crippen LogP contribution >= 0.6 is 0 Å². The van der Waals surface area contributed by atoms with E-state index in [9.17, 15) is 5.11 Å². The van der Waals surface area contributed by atoms with Gasteiger partial charge in [0.15, 0.2) is 0 Å². The molecule has 0 amide bonds. The molecule has 1 atom stereocenters. The highest BCUT2D eigenvalue weighted by Gasteiger charge is 2.30. The number of aliphatic hydroxyl groups excluding tert-OH is 1. The molecular weight excluding hydrogens is 210 g/mol. The molecule has 0 aromatic carbocycles. The average molecular weight is 241 g/mol. The molecule has 0 radical (unpaired) electrons. The van der Waals surface area contributed by atoms with Gasteiger partial charge in [-0.3, -0.25) is 0 Å². The molecule has 0 spiro atoms. The zero-order valence-electron chi connectivity index (χ0n) is 12.3. The first kappa shape index (κ1) is 15.0.